The highest BCUT2D eigenvalue weighted by Crippen LogP contribution is 2.56. The molecule has 2 nitrogen and oxygen atoms in total. The van der Waals surface area contributed by atoms with Crippen molar-refractivity contribution < 1.29 is 5.21 Å². The van der Waals surface area contributed by atoms with Crippen LogP contribution in [-0.2, 0) is 0 Å². The smallest absolute Gasteiger partial charge is 0.0690 e. The second-order valence-electron chi connectivity index (χ2n) is 5.74. The van der Waals surface area contributed by atoms with Crippen LogP contribution >= 0.6 is 0 Å². The highest BCUT2D eigenvalue weighted by atomic mass is 16.4. The minimum absolute atomic E-state index is 0.0907. The Morgan fingerprint density at radius 1 is 1.06 bits per heavy atom. The van der Waals surface area contributed by atoms with Crippen molar-refractivity contribution in [3.05, 3.63) is 0 Å². The molecular weight excluding hydrogens is 222 g/mol. The molecule has 1 atom stereocenters. The van der Waals surface area contributed by atoms with Gasteiger partial charge in [0.1, 0.15) is 0 Å². The van der Waals surface area contributed by atoms with Crippen LogP contribution in [0.2, 0.25) is 0 Å². The van der Waals surface area contributed by atoms with E-state index in [-0.39, 0.29) is 10.8 Å². The van der Waals surface area contributed by atoms with Crippen molar-refractivity contribution >= 4 is 5.71 Å². The average Bonchev–Trinajstić information content (AvgIpc) is 2.35. The molecule has 2 fully saturated rings. The highest BCUT2D eigenvalue weighted by molar-refractivity contribution is 5.96. The molecule has 0 radical (unpaired) electrons. The van der Waals surface area contributed by atoms with Gasteiger partial charge in [0.25, 0.3) is 0 Å². The van der Waals surface area contributed by atoms with Crippen LogP contribution in [0.5, 0.6) is 0 Å². The van der Waals surface area contributed by atoms with Crippen molar-refractivity contribution in [2.75, 3.05) is 0 Å². The lowest BCUT2D eigenvalue weighted by atomic mass is 9.51. The largest absolute Gasteiger partial charge is 0.411 e. The van der Waals surface area contributed by atoms with E-state index in [2.05, 4.69) is 25.9 Å². The zero-order chi connectivity index (χ0) is 14.4. The summed E-state index contributed by atoms with van der Waals surface area (Å²) in [6.07, 6.45) is 6.30. The Morgan fingerprint density at radius 3 is 1.89 bits per heavy atom. The Hall–Kier alpha value is -0.530. The lowest BCUT2D eigenvalue weighted by Gasteiger charge is -2.53. The summed E-state index contributed by atoms with van der Waals surface area (Å²) in [6, 6.07) is 0. The van der Waals surface area contributed by atoms with Crippen LogP contribution in [0.15, 0.2) is 5.16 Å². The fraction of sp³-hybridized carbons (Fsp3) is 0.938. The number of rotatable bonds is 0. The zero-order valence-corrected chi connectivity index (χ0v) is 13.5. The molecule has 18 heavy (non-hydrogen) atoms. The number of hydrogen-bond donors (Lipinski definition) is 1. The first-order chi connectivity index (χ1) is 8.53. The Labute approximate surface area is 114 Å². The normalized spacial score (nSPS) is 29.5. The van der Waals surface area contributed by atoms with Gasteiger partial charge in [-0.25, -0.2) is 0 Å². The summed E-state index contributed by atoms with van der Waals surface area (Å²) in [6.45, 7) is 14.7. The molecule has 0 aromatic rings. The minimum Gasteiger partial charge on any atom is -0.411 e. The van der Waals surface area contributed by atoms with Crippen molar-refractivity contribution in [3.63, 3.8) is 0 Å². The first kappa shape index (κ1) is 17.5. The fourth-order valence-electron chi connectivity index (χ4n) is 3.21. The van der Waals surface area contributed by atoms with Gasteiger partial charge in [0.15, 0.2) is 0 Å². The van der Waals surface area contributed by atoms with Crippen molar-refractivity contribution in [2.24, 2.45) is 21.9 Å². The SMILES string of the molecule is CC.CC.CC1CCC2(CCC2)/C(=N\O)C1(C)C. The Morgan fingerprint density at radius 2 is 1.56 bits per heavy atom. The summed E-state index contributed by atoms with van der Waals surface area (Å²) in [5.74, 6) is 0.639. The van der Waals surface area contributed by atoms with Crippen molar-refractivity contribution in [2.45, 2.75) is 80.6 Å². The molecule has 1 N–H and O–H groups in total. The van der Waals surface area contributed by atoms with Crippen LogP contribution < -0.4 is 0 Å². The molecule has 2 heteroatoms. The number of nitrogens with zero attached hydrogens (tertiary/aromatic N) is 1. The second-order valence-corrected chi connectivity index (χ2v) is 5.74. The first-order valence-electron chi connectivity index (χ1n) is 7.76. The lowest BCUT2D eigenvalue weighted by Crippen LogP contribution is -2.51. The highest BCUT2D eigenvalue weighted by Gasteiger charge is 2.52. The van der Waals surface area contributed by atoms with Crippen molar-refractivity contribution in [1.82, 2.24) is 0 Å². The van der Waals surface area contributed by atoms with Gasteiger partial charge >= 0.3 is 0 Å². The Bertz CT molecular complexity index is 260. The third-order valence-electron chi connectivity index (χ3n) is 4.81. The standard InChI is InChI=1S/C12H21NO.2C2H6/c1-9-5-8-12(6-4-7-12)10(13-14)11(9,2)3;2*1-2/h9,14H,4-8H2,1-3H3;2*1-2H3/b13-10-;;. The molecule has 0 bridgehead atoms. The molecule has 0 aromatic heterocycles. The lowest BCUT2D eigenvalue weighted by molar-refractivity contribution is 0.112. The molecule has 2 rings (SSSR count). The van der Waals surface area contributed by atoms with Crippen LogP contribution in [0.4, 0.5) is 0 Å². The van der Waals surface area contributed by atoms with E-state index in [0.29, 0.717) is 5.92 Å². The predicted molar refractivity (Wildman–Crippen MR) is 80.4 cm³/mol. The van der Waals surface area contributed by atoms with E-state index >= 15 is 0 Å². The van der Waals surface area contributed by atoms with Gasteiger partial charge in [0, 0.05) is 10.8 Å². The van der Waals surface area contributed by atoms with E-state index in [1.54, 1.807) is 0 Å². The molecule has 2 aliphatic rings. The number of oxime groups is 1. The summed E-state index contributed by atoms with van der Waals surface area (Å²) < 4.78 is 0. The molecule has 2 saturated carbocycles. The van der Waals surface area contributed by atoms with Crippen molar-refractivity contribution in [1.29, 1.82) is 0 Å². The first-order valence-corrected chi connectivity index (χ1v) is 7.76. The van der Waals surface area contributed by atoms with Crippen LogP contribution in [0.1, 0.15) is 80.6 Å². The minimum atomic E-state index is 0.0907. The van der Waals surface area contributed by atoms with E-state index in [0.717, 1.165) is 5.71 Å². The molecule has 0 saturated heterocycles. The van der Waals surface area contributed by atoms with Gasteiger partial charge in [-0.05, 0) is 31.6 Å². The molecule has 0 aliphatic heterocycles. The zero-order valence-electron chi connectivity index (χ0n) is 13.5. The quantitative estimate of drug-likeness (QED) is 0.450. The number of hydrogen-bond acceptors (Lipinski definition) is 2. The third kappa shape index (κ3) is 2.89. The van der Waals surface area contributed by atoms with E-state index in [9.17, 15) is 5.21 Å². The van der Waals surface area contributed by atoms with Gasteiger partial charge in [-0.2, -0.15) is 0 Å². The van der Waals surface area contributed by atoms with Crippen molar-refractivity contribution in [3.8, 4) is 0 Å². The summed E-state index contributed by atoms with van der Waals surface area (Å²) in [5.41, 5.74) is 1.45. The second kappa shape index (κ2) is 7.16. The summed E-state index contributed by atoms with van der Waals surface area (Å²) in [7, 11) is 0. The van der Waals surface area contributed by atoms with Gasteiger partial charge in [-0.3, -0.25) is 0 Å². The maximum Gasteiger partial charge on any atom is 0.0690 e. The van der Waals surface area contributed by atoms with Crippen LogP contribution in [0.25, 0.3) is 0 Å². The van der Waals surface area contributed by atoms with E-state index < -0.39 is 0 Å². The van der Waals surface area contributed by atoms with Gasteiger partial charge in [-0.15, -0.1) is 0 Å². The molecule has 2 aliphatic carbocycles. The third-order valence-corrected chi connectivity index (χ3v) is 4.81. The van der Waals surface area contributed by atoms with E-state index in [1.165, 1.54) is 32.1 Å². The van der Waals surface area contributed by atoms with Crippen LogP contribution in [-0.4, -0.2) is 10.9 Å². The monoisotopic (exact) mass is 255 g/mol. The van der Waals surface area contributed by atoms with Gasteiger partial charge in [0.05, 0.1) is 5.71 Å². The Balaban J connectivity index is 0.000000659. The van der Waals surface area contributed by atoms with Crippen LogP contribution in [0, 0.1) is 16.7 Å². The van der Waals surface area contributed by atoms with Gasteiger partial charge < -0.3 is 5.21 Å². The maximum atomic E-state index is 9.23. The maximum absolute atomic E-state index is 9.23. The fourth-order valence-corrected chi connectivity index (χ4v) is 3.21. The van der Waals surface area contributed by atoms with Gasteiger partial charge in [-0.1, -0.05) is 60.0 Å². The Kier molecular flexibility index (Phi) is 6.94. The molecule has 108 valence electrons. The summed E-state index contributed by atoms with van der Waals surface area (Å²) >= 11 is 0. The molecule has 1 unspecified atom stereocenters. The van der Waals surface area contributed by atoms with Crippen LogP contribution in [0.3, 0.4) is 0 Å². The molecular formula is C16H33NO. The van der Waals surface area contributed by atoms with Gasteiger partial charge in [0.2, 0.25) is 0 Å². The molecule has 0 amide bonds. The topological polar surface area (TPSA) is 32.6 Å². The predicted octanol–water partition coefficient (Wildman–Crippen LogP) is 5.50. The average molecular weight is 255 g/mol. The molecule has 0 aromatic carbocycles. The van der Waals surface area contributed by atoms with E-state index in [4.69, 9.17) is 0 Å². The summed E-state index contributed by atoms with van der Waals surface area (Å²) in [5, 5.41) is 12.9. The molecule has 0 heterocycles. The van der Waals surface area contributed by atoms with E-state index in [1.807, 2.05) is 27.7 Å². The molecule has 1 spiro atoms. The summed E-state index contributed by atoms with van der Waals surface area (Å²) in [4.78, 5) is 0.